The highest BCUT2D eigenvalue weighted by Crippen LogP contribution is 2.29. The van der Waals surface area contributed by atoms with E-state index in [0.29, 0.717) is 45.9 Å². The van der Waals surface area contributed by atoms with Crippen molar-refractivity contribution in [2.75, 3.05) is 58.4 Å². The summed E-state index contributed by atoms with van der Waals surface area (Å²) in [5.74, 6) is -5.68. The molecule has 0 aliphatic carbocycles. The molecule has 1 aromatic carbocycles. The molecule has 1 heterocycles. The van der Waals surface area contributed by atoms with Gasteiger partial charge < -0.3 is 14.8 Å². The number of benzene rings is 1. The van der Waals surface area contributed by atoms with Crippen molar-refractivity contribution in [3.05, 3.63) is 34.9 Å². The number of nitrogens with zero attached hydrogens (tertiary/aromatic N) is 1. The highest BCUT2D eigenvalue weighted by Gasteiger charge is 2.24. The molecule has 8 heteroatoms. The predicted molar refractivity (Wildman–Crippen MR) is 87.5 cm³/mol. The molecule has 1 aromatic rings. The molecular formula is C17H22F4N2O2. The highest BCUT2D eigenvalue weighted by atomic mass is 19.2. The molecule has 140 valence electrons. The molecular weight excluding hydrogens is 340 g/mol. The average molecular weight is 362 g/mol. The number of ether oxygens (including phenoxy) is 2. The maximum absolute atomic E-state index is 14.1. The van der Waals surface area contributed by atoms with E-state index in [9.17, 15) is 17.6 Å². The fourth-order valence-electron chi connectivity index (χ4n) is 2.48. The lowest BCUT2D eigenvalue weighted by atomic mass is 10.1. The van der Waals surface area contributed by atoms with Gasteiger partial charge in [-0.05, 0) is 6.42 Å². The molecule has 0 saturated carbocycles. The number of rotatable bonds is 8. The summed E-state index contributed by atoms with van der Waals surface area (Å²) < 4.78 is 66.3. The first-order valence-electron chi connectivity index (χ1n) is 8.11. The third-order valence-electron chi connectivity index (χ3n) is 3.88. The SMILES string of the molecule is COCCCNc1c(F)c(F)c(/C=C/CN2CCOCC2)c(F)c1F. The molecule has 1 saturated heterocycles. The molecule has 1 fully saturated rings. The van der Waals surface area contributed by atoms with E-state index in [-0.39, 0.29) is 6.54 Å². The Morgan fingerprint density at radius 3 is 2.32 bits per heavy atom. The highest BCUT2D eigenvalue weighted by molar-refractivity contribution is 5.58. The Bertz CT molecular complexity index is 576. The van der Waals surface area contributed by atoms with Gasteiger partial charge in [-0.25, -0.2) is 17.6 Å². The van der Waals surface area contributed by atoms with Crippen LogP contribution in [0.1, 0.15) is 12.0 Å². The molecule has 1 N–H and O–H groups in total. The van der Waals surface area contributed by atoms with E-state index in [1.54, 1.807) is 0 Å². The second-order valence-electron chi connectivity index (χ2n) is 5.63. The van der Waals surface area contributed by atoms with E-state index in [1.165, 1.54) is 13.2 Å². The van der Waals surface area contributed by atoms with Gasteiger partial charge in [0.25, 0.3) is 0 Å². The van der Waals surface area contributed by atoms with Gasteiger partial charge in [0.1, 0.15) is 5.69 Å². The fourth-order valence-corrected chi connectivity index (χ4v) is 2.48. The Balaban J connectivity index is 2.10. The van der Waals surface area contributed by atoms with E-state index >= 15 is 0 Å². The predicted octanol–water partition coefficient (Wildman–Crippen LogP) is 3.04. The van der Waals surface area contributed by atoms with Crippen molar-refractivity contribution >= 4 is 11.8 Å². The van der Waals surface area contributed by atoms with Gasteiger partial charge in [-0.3, -0.25) is 4.90 Å². The van der Waals surface area contributed by atoms with E-state index < -0.39 is 34.5 Å². The third-order valence-corrected chi connectivity index (χ3v) is 3.88. The maximum atomic E-state index is 14.1. The monoisotopic (exact) mass is 362 g/mol. The standard InChI is InChI=1S/C17H22F4N2O2/c1-24-9-3-5-22-17-15(20)13(18)12(14(19)16(17)21)4-2-6-23-7-10-25-11-8-23/h2,4,22H,3,5-11H2,1H3/b4-2+. The lowest BCUT2D eigenvalue weighted by molar-refractivity contribution is 0.0435. The van der Waals surface area contributed by atoms with Crippen LogP contribution in [-0.2, 0) is 9.47 Å². The van der Waals surface area contributed by atoms with Gasteiger partial charge in [0.2, 0.25) is 0 Å². The van der Waals surface area contributed by atoms with E-state index in [4.69, 9.17) is 9.47 Å². The van der Waals surface area contributed by atoms with Crippen molar-refractivity contribution in [3.8, 4) is 0 Å². The molecule has 0 amide bonds. The summed E-state index contributed by atoms with van der Waals surface area (Å²) in [6.45, 7) is 3.48. The Hall–Kier alpha value is -1.64. The smallest absolute Gasteiger partial charge is 0.185 e. The maximum Gasteiger partial charge on any atom is 0.185 e. The van der Waals surface area contributed by atoms with Crippen LogP contribution in [-0.4, -0.2) is 58.0 Å². The largest absolute Gasteiger partial charge is 0.385 e. The van der Waals surface area contributed by atoms with Crippen molar-refractivity contribution < 1.29 is 27.0 Å². The zero-order chi connectivity index (χ0) is 18.2. The van der Waals surface area contributed by atoms with Gasteiger partial charge in [-0.2, -0.15) is 0 Å². The van der Waals surface area contributed by atoms with Crippen LogP contribution in [0.2, 0.25) is 0 Å². The molecule has 0 bridgehead atoms. The molecule has 0 radical (unpaired) electrons. The van der Waals surface area contributed by atoms with Gasteiger partial charge in [-0.15, -0.1) is 0 Å². The molecule has 0 spiro atoms. The number of hydrogen-bond acceptors (Lipinski definition) is 4. The molecule has 1 aliphatic heterocycles. The summed E-state index contributed by atoms with van der Waals surface area (Å²) in [7, 11) is 1.48. The van der Waals surface area contributed by atoms with Gasteiger partial charge in [0.05, 0.1) is 18.8 Å². The second kappa shape index (κ2) is 9.74. The lowest BCUT2D eigenvalue weighted by Crippen LogP contribution is -2.36. The van der Waals surface area contributed by atoms with E-state index in [2.05, 4.69) is 5.32 Å². The number of morpholine rings is 1. The first-order chi connectivity index (χ1) is 12.1. The van der Waals surface area contributed by atoms with Crippen LogP contribution in [0.25, 0.3) is 6.08 Å². The van der Waals surface area contributed by atoms with Gasteiger partial charge in [0, 0.05) is 39.9 Å². The summed E-state index contributed by atoms with van der Waals surface area (Å²) in [4.78, 5) is 2.01. The normalized spacial score (nSPS) is 15.9. The van der Waals surface area contributed by atoms with Crippen LogP contribution in [0.5, 0.6) is 0 Å². The van der Waals surface area contributed by atoms with Crippen LogP contribution in [0.3, 0.4) is 0 Å². The number of halogens is 4. The zero-order valence-corrected chi connectivity index (χ0v) is 14.1. The molecule has 4 nitrogen and oxygen atoms in total. The molecule has 1 aliphatic rings. The Morgan fingerprint density at radius 1 is 1.08 bits per heavy atom. The van der Waals surface area contributed by atoms with Crippen molar-refractivity contribution in [2.24, 2.45) is 0 Å². The molecule has 0 unspecified atom stereocenters. The summed E-state index contributed by atoms with van der Waals surface area (Å²) >= 11 is 0. The quantitative estimate of drug-likeness (QED) is 0.438. The molecule has 25 heavy (non-hydrogen) atoms. The van der Waals surface area contributed by atoms with Crippen molar-refractivity contribution in [1.29, 1.82) is 0 Å². The second-order valence-corrected chi connectivity index (χ2v) is 5.63. The third kappa shape index (κ3) is 5.17. The van der Waals surface area contributed by atoms with Gasteiger partial charge in [0.15, 0.2) is 23.3 Å². The zero-order valence-electron chi connectivity index (χ0n) is 14.1. The van der Waals surface area contributed by atoms with Gasteiger partial charge >= 0.3 is 0 Å². The van der Waals surface area contributed by atoms with Crippen LogP contribution in [0.4, 0.5) is 23.2 Å². The van der Waals surface area contributed by atoms with Crippen LogP contribution in [0.15, 0.2) is 6.08 Å². The van der Waals surface area contributed by atoms with E-state index in [1.807, 2.05) is 4.90 Å². The minimum Gasteiger partial charge on any atom is -0.385 e. The van der Waals surface area contributed by atoms with Gasteiger partial charge in [-0.1, -0.05) is 12.2 Å². The molecule has 2 rings (SSSR count). The Labute approximate surface area is 144 Å². The molecule has 0 aromatic heterocycles. The number of nitrogens with one attached hydrogen (secondary N) is 1. The number of anilines is 1. The van der Waals surface area contributed by atoms with Crippen LogP contribution >= 0.6 is 0 Å². The van der Waals surface area contributed by atoms with Crippen LogP contribution < -0.4 is 5.32 Å². The first kappa shape index (κ1) is 19.7. The Kier molecular flexibility index (Phi) is 7.67. The number of methoxy groups -OCH3 is 1. The molecule has 0 atom stereocenters. The average Bonchev–Trinajstić information content (AvgIpc) is 2.63. The summed E-state index contributed by atoms with van der Waals surface area (Å²) in [5, 5.41) is 2.38. The minimum absolute atomic E-state index is 0.132. The minimum atomic E-state index is -1.43. The topological polar surface area (TPSA) is 33.7 Å². The lowest BCUT2D eigenvalue weighted by Gasteiger charge is -2.25. The summed E-state index contributed by atoms with van der Waals surface area (Å²) in [5.41, 5.74) is -1.51. The first-order valence-corrected chi connectivity index (χ1v) is 8.11. The fraction of sp³-hybridized carbons (Fsp3) is 0.529. The van der Waals surface area contributed by atoms with Crippen LogP contribution in [0, 0.1) is 23.3 Å². The number of hydrogen-bond donors (Lipinski definition) is 1. The summed E-state index contributed by atoms with van der Waals surface area (Å²) in [6, 6.07) is 0. The van der Waals surface area contributed by atoms with Crippen molar-refractivity contribution in [3.63, 3.8) is 0 Å². The van der Waals surface area contributed by atoms with E-state index in [0.717, 1.165) is 6.08 Å². The van der Waals surface area contributed by atoms with Crippen molar-refractivity contribution in [1.82, 2.24) is 4.90 Å². The summed E-state index contributed by atoms with van der Waals surface area (Å²) in [6.07, 6.45) is 3.00. The Morgan fingerprint density at radius 2 is 1.72 bits per heavy atom. The van der Waals surface area contributed by atoms with Crippen molar-refractivity contribution in [2.45, 2.75) is 6.42 Å².